The molecule has 1 aromatic carbocycles. The second kappa shape index (κ2) is 5.40. The Morgan fingerprint density at radius 3 is 2.52 bits per heavy atom. The Morgan fingerprint density at radius 2 is 2.00 bits per heavy atom. The Labute approximate surface area is 121 Å². The van der Waals surface area contributed by atoms with Crippen LogP contribution in [0.2, 0.25) is 0 Å². The molecule has 0 saturated carbocycles. The number of anilines is 2. The highest BCUT2D eigenvalue weighted by Crippen LogP contribution is 2.36. The van der Waals surface area contributed by atoms with E-state index < -0.39 is 21.9 Å². The van der Waals surface area contributed by atoms with Crippen molar-refractivity contribution in [2.24, 2.45) is 5.92 Å². The van der Waals surface area contributed by atoms with Crippen LogP contribution in [0.1, 0.15) is 12.8 Å². The van der Waals surface area contributed by atoms with Crippen molar-refractivity contribution in [3.63, 3.8) is 0 Å². The highest BCUT2D eigenvalue weighted by atomic mass is 32.2. The third-order valence-corrected chi connectivity index (χ3v) is 4.76. The van der Waals surface area contributed by atoms with Crippen LogP contribution in [0.4, 0.5) is 24.5 Å². The molecule has 0 spiro atoms. The molecule has 2 rings (SSSR count). The molecule has 1 aliphatic heterocycles. The van der Waals surface area contributed by atoms with Crippen molar-refractivity contribution < 1.29 is 21.6 Å². The summed E-state index contributed by atoms with van der Waals surface area (Å²) in [5.74, 6) is -1.37. The fraction of sp³-hybridized carbons (Fsp3) is 0.538. The fourth-order valence-corrected chi connectivity index (χ4v) is 3.17. The number of halogens is 3. The lowest BCUT2D eigenvalue weighted by Gasteiger charge is -2.35. The lowest BCUT2D eigenvalue weighted by Crippen LogP contribution is -2.42. The maximum Gasteiger partial charge on any atom is 0.393 e. The monoisotopic (exact) mass is 322 g/mol. The molecule has 0 aromatic heterocycles. The number of benzene rings is 1. The minimum atomic E-state index is -4.22. The Hall–Kier alpha value is -1.44. The van der Waals surface area contributed by atoms with Crippen LogP contribution in [-0.4, -0.2) is 33.9 Å². The van der Waals surface area contributed by atoms with Gasteiger partial charge in [-0.3, -0.25) is 0 Å². The third kappa shape index (κ3) is 3.61. The van der Waals surface area contributed by atoms with E-state index in [0.717, 1.165) is 6.26 Å². The van der Waals surface area contributed by atoms with Gasteiger partial charge in [-0.15, -0.1) is 0 Å². The molecule has 2 N–H and O–H groups in total. The Morgan fingerprint density at radius 1 is 1.33 bits per heavy atom. The van der Waals surface area contributed by atoms with Crippen molar-refractivity contribution in [2.45, 2.75) is 23.9 Å². The summed E-state index contributed by atoms with van der Waals surface area (Å²) in [7, 11) is -3.39. The molecule has 0 radical (unpaired) electrons. The van der Waals surface area contributed by atoms with Crippen molar-refractivity contribution in [1.82, 2.24) is 0 Å². The minimum Gasteiger partial charge on any atom is -0.397 e. The first-order valence-corrected chi connectivity index (χ1v) is 8.39. The predicted octanol–water partition coefficient (Wildman–Crippen LogP) is 2.45. The number of sulfone groups is 1. The summed E-state index contributed by atoms with van der Waals surface area (Å²) < 4.78 is 61.3. The van der Waals surface area contributed by atoms with Crippen LogP contribution in [0, 0.1) is 5.92 Å². The number of piperidine rings is 1. The Kier molecular flexibility index (Phi) is 4.10. The largest absolute Gasteiger partial charge is 0.397 e. The van der Waals surface area contributed by atoms with Gasteiger partial charge >= 0.3 is 6.18 Å². The van der Waals surface area contributed by atoms with E-state index in [0.29, 0.717) is 18.7 Å². The summed E-state index contributed by atoms with van der Waals surface area (Å²) in [5, 5.41) is 0. The summed E-state index contributed by atoms with van der Waals surface area (Å²) in [6, 6.07) is 4.14. The highest BCUT2D eigenvalue weighted by Gasteiger charge is 2.42. The van der Waals surface area contributed by atoms with E-state index >= 15 is 0 Å². The van der Waals surface area contributed by atoms with E-state index in [4.69, 9.17) is 5.73 Å². The first-order valence-electron chi connectivity index (χ1n) is 6.50. The molecule has 0 amide bonds. The molecule has 4 nitrogen and oxygen atoms in total. The van der Waals surface area contributed by atoms with Gasteiger partial charge in [0.1, 0.15) is 0 Å². The zero-order valence-electron chi connectivity index (χ0n) is 11.5. The Bertz CT molecular complexity index is 629. The molecular weight excluding hydrogens is 305 g/mol. The summed E-state index contributed by atoms with van der Waals surface area (Å²) in [6.45, 7) is 0.334. The number of nitrogens with two attached hydrogens (primary N) is 1. The standard InChI is InChI=1S/C13H17F3N2O2S/c1-21(19,20)10-4-5-12(11(17)7-10)18-6-2-3-9(8-18)13(14,15)16/h4-5,7,9H,2-3,6,8,17H2,1H3. The second-order valence-corrected chi connectivity index (χ2v) is 7.34. The summed E-state index contributed by atoms with van der Waals surface area (Å²) in [6.07, 6.45) is -2.62. The Balaban J connectivity index is 2.26. The van der Waals surface area contributed by atoms with E-state index in [1.807, 2.05) is 0 Å². The highest BCUT2D eigenvalue weighted by molar-refractivity contribution is 7.90. The molecule has 21 heavy (non-hydrogen) atoms. The molecule has 1 unspecified atom stereocenters. The molecule has 1 saturated heterocycles. The first-order chi connectivity index (χ1) is 9.59. The van der Waals surface area contributed by atoms with Crippen molar-refractivity contribution >= 4 is 21.2 Å². The molecule has 118 valence electrons. The van der Waals surface area contributed by atoms with Gasteiger partial charge in [0.05, 0.1) is 22.2 Å². The van der Waals surface area contributed by atoms with Gasteiger partial charge in [-0.25, -0.2) is 8.42 Å². The van der Waals surface area contributed by atoms with Gasteiger partial charge in [0.25, 0.3) is 0 Å². The second-order valence-electron chi connectivity index (χ2n) is 5.32. The van der Waals surface area contributed by atoms with Crippen LogP contribution in [0.25, 0.3) is 0 Å². The van der Waals surface area contributed by atoms with E-state index in [1.165, 1.54) is 18.2 Å². The maximum atomic E-state index is 12.8. The van der Waals surface area contributed by atoms with Crippen LogP contribution in [0.15, 0.2) is 23.1 Å². The molecule has 1 heterocycles. The third-order valence-electron chi connectivity index (χ3n) is 3.65. The van der Waals surface area contributed by atoms with Crippen LogP contribution in [0.5, 0.6) is 0 Å². The zero-order valence-corrected chi connectivity index (χ0v) is 12.3. The first kappa shape index (κ1) is 15.9. The zero-order chi connectivity index (χ0) is 15.8. The minimum absolute atomic E-state index is 0.0631. The SMILES string of the molecule is CS(=O)(=O)c1ccc(N2CCCC(C(F)(F)F)C2)c(N)c1. The number of hydrogen-bond acceptors (Lipinski definition) is 4. The van der Waals surface area contributed by atoms with Crippen molar-refractivity contribution in [1.29, 1.82) is 0 Å². The lowest BCUT2D eigenvalue weighted by molar-refractivity contribution is -0.175. The maximum absolute atomic E-state index is 12.8. The van der Waals surface area contributed by atoms with Gasteiger partial charge in [0.2, 0.25) is 0 Å². The molecule has 1 atom stereocenters. The quantitative estimate of drug-likeness (QED) is 0.850. The number of alkyl halides is 3. The number of nitrogen functional groups attached to an aromatic ring is 1. The molecule has 0 aliphatic carbocycles. The van der Waals surface area contributed by atoms with Gasteiger partial charge in [0.15, 0.2) is 9.84 Å². The van der Waals surface area contributed by atoms with E-state index in [9.17, 15) is 21.6 Å². The lowest BCUT2D eigenvalue weighted by atomic mass is 9.97. The van der Waals surface area contributed by atoms with Crippen LogP contribution >= 0.6 is 0 Å². The van der Waals surface area contributed by atoms with Crippen LogP contribution < -0.4 is 10.6 Å². The normalized spacial score (nSPS) is 20.6. The molecule has 8 heteroatoms. The number of hydrogen-bond donors (Lipinski definition) is 1. The van der Waals surface area contributed by atoms with Gasteiger partial charge in [-0.05, 0) is 31.0 Å². The van der Waals surface area contributed by atoms with Gasteiger partial charge in [0, 0.05) is 19.3 Å². The van der Waals surface area contributed by atoms with Gasteiger partial charge < -0.3 is 10.6 Å². The molecular formula is C13H17F3N2O2S. The average Bonchev–Trinajstić information content (AvgIpc) is 2.36. The molecule has 0 bridgehead atoms. The van der Waals surface area contributed by atoms with Crippen molar-refractivity contribution in [2.75, 3.05) is 30.0 Å². The molecule has 1 aromatic rings. The number of rotatable bonds is 2. The fourth-order valence-electron chi connectivity index (χ4n) is 2.51. The summed E-state index contributed by atoms with van der Waals surface area (Å²) >= 11 is 0. The molecule has 1 aliphatic rings. The van der Waals surface area contributed by atoms with E-state index in [-0.39, 0.29) is 23.5 Å². The van der Waals surface area contributed by atoms with Crippen LogP contribution in [-0.2, 0) is 9.84 Å². The van der Waals surface area contributed by atoms with E-state index in [1.54, 1.807) is 4.90 Å². The van der Waals surface area contributed by atoms with Gasteiger partial charge in [-0.1, -0.05) is 0 Å². The topological polar surface area (TPSA) is 63.4 Å². The molecule has 1 fully saturated rings. The predicted molar refractivity (Wildman–Crippen MR) is 75.0 cm³/mol. The summed E-state index contributed by atoms with van der Waals surface area (Å²) in [4.78, 5) is 1.64. The number of nitrogens with zero attached hydrogens (tertiary/aromatic N) is 1. The van der Waals surface area contributed by atoms with Gasteiger partial charge in [-0.2, -0.15) is 13.2 Å². The van der Waals surface area contributed by atoms with Crippen LogP contribution in [0.3, 0.4) is 0 Å². The average molecular weight is 322 g/mol. The van der Waals surface area contributed by atoms with Crippen molar-refractivity contribution in [3.05, 3.63) is 18.2 Å². The smallest absolute Gasteiger partial charge is 0.393 e. The van der Waals surface area contributed by atoms with E-state index in [2.05, 4.69) is 0 Å². The summed E-state index contributed by atoms with van der Waals surface area (Å²) in [5.41, 5.74) is 6.45. The van der Waals surface area contributed by atoms with Crippen molar-refractivity contribution in [3.8, 4) is 0 Å².